The number of benzene rings is 8. The minimum absolute atomic E-state index is 0.00537. The normalized spacial score (nSPS) is 13.8. The van der Waals surface area contributed by atoms with Crippen LogP contribution in [-0.2, 0) is 21.7 Å². The molecule has 0 N–H and O–H groups in total. The molecule has 0 radical (unpaired) electrons. The van der Waals surface area contributed by atoms with Gasteiger partial charge in [-0.05, 0) is 140 Å². The van der Waals surface area contributed by atoms with Gasteiger partial charge in [-0.3, -0.25) is 0 Å². The summed E-state index contributed by atoms with van der Waals surface area (Å²) in [4.78, 5) is 5.24. The van der Waals surface area contributed by atoms with Gasteiger partial charge >= 0.3 is 0 Å². The van der Waals surface area contributed by atoms with E-state index < -0.39 is 0 Å². The van der Waals surface area contributed by atoms with E-state index in [2.05, 4.69) is 257 Å². The third-order valence-corrected chi connectivity index (χ3v) is 18.8. The molecule has 3 aromatic heterocycles. The smallest absolute Gasteiger partial charge is 0.252 e. The molecular weight excluding hydrogens is 934 g/mol. The van der Waals surface area contributed by atoms with Crippen LogP contribution in [0.4, 0.5) is 34.1 Å². The van der Waals surface area contributed by atoms with Crippen molar-refractivity contribution in [2.45, 2.75) is 119 Å². The molecule has 3 nitrogen and oxygen atoms in total. The van der Waals surface area contributed by atoms with E-state index in [1.807, 2.05) is 22.7 Å². The van der Waals surface area contributed by atoms with Gasteiger partial charge in [0.15, 0.2) is 0 Å². The van der Waals surface area contributed by atoms with E-state index in [0.717, 1.165) is 5.69 Å². The Morgan fingerprint density at radius 1 is 0.405 bits per heavy atom. The lowest BCUT2D eigenvalue weighted by molar-refractivity contribution is 0.589. The average molecular weight is 1000 g/mol. The highest BCUT2D eigenvalue weighted by Crippen LogP contribution is 2.51. The first-order valence-corrected chi connectivity index (χ1v) is 28.3. The van der Waals surface area contributed by atoms with Gasteiger partial charge in [0.2, 0.25) is 0 Å². The van der Waals surface area contributed by atoms with Crippen LogP contribution in [0, 0.1) is 13.8 Å². The van der Waals surface area contributed by atoms with Crippen molar-refractivity contribution in [3.8, 4) is 5.69 Å². The summed E-state index contributed by atoms with van der Waals surface area (Å²) in [6, 6.07) is 57.2. The molecule has 0 amide bonds. The highest BCUT2D eigenvalue weighted by molar-refractivity contribution is 7.27. The minimum atomic E-state index is -0.134. The molecule has 2 aliphatic rings. The number of nitrogens with zero attached hydrogens (tertiary/aromatic N) is 3. The molecule has 8 aromatic carbocycles. The quantitative estimate of drug-likeness (QED) is 0.163. The van der Waals surface area contributed by atoms with Gasteiger partial charge in [-0.15, -0.1) is 22.7 Å². The van der Waals surface area contributed by atoms with Crippen molar-refractivity contribution in [3.05, 3.63) is 179 Å². The van der Waals surface area contributed by atoms with E-state index in [0.29, 0.717) is 0 Å². The van der Waals surface area contributed by atoms with Crippen LogP contribution in [0.25, 0.3) is 57.1 Å². The lowest BCUT2D eigenvalue weighted by Crippen LogP contribution is -2.60. The van der Waals surface area contributed by atoms with Crippen LogP contribution in [0.15, 0.2) is 146 Å². The zero-order valence-electron chi connectivity index (χ0n) is 45.6. The van der Waals surface area contributed by atoms with Crippen molar-refractivity contribution in [2.75, 3.05) is 9.80 Å². The summed E-state index contributed by atoms with van der Waals surface area (Å²) < 4.78 is 8.01. The van der Waals surface area contributed by atoms with Gasteiger partial charge in [0, 0.05) is 65.1 Å². The lowest BCUT2D eigenvalue weighted by atomic mass is 9.33. The molecule has 74 heavy (non-hydrogen) atoms. The summed E-state index contributed by atoms with van der Waals surface area (Å²) in [5.41, 5.74) is 23.1. The Kier molecular flexibility index (Phi) is 10.2. The Labute approximate surface area is 446 Å². The van der Waals surface area contributed by atoms with Gasteiger partial charge in [0.1, 0.15) is 0 Å². The van der Waals surface area contributed by atoms with Crippen molar-refractivity contribution in [1.29, 1.82) is 0 Å². The van der Waals surface area contributed by atoms with Crippen LogP contribution < -0.4 is 26.2 Å². The average Bonchev–Trinajstić information content (AvgIpc) is 4.07. The van der Waals surface area contributed by atoms with E-state index in [4.69, 9.17) is 0 Å². The van der Waals surface area contributed by atoms with Crippen molar-refractivity contribution in [3.63, 3.8) is 0 Å². The summed E-state index contributed by atoms with van der Waals surface area (Å²) >= 11 is 3.88. The molecule has 0 aliphatic carbocycles. The third-order valence-electron chi connectivity index (χ3n) is 16.4. The first-order chi connectivity index (χ1) is 35.1. The van der Waals surface area contributed by atoms with Crippen molar-refractivity contribution in [2.24, 2.45) is 0 Å². The van der Waals surface area contributed by atoms with Gasteiger partial charge in [-0.2, -0.15) is 0 Å². The number of para-hydroxylation sites is 1. The van der Waals surface area contributed by atoms with E-state index in [-0.39, 0.29) is 28.4 Å². The Bertz CT molecular complexity index is 4110. The maximum absolute atomic E-state index is 2.69. The molecule has 0 saturated carbocycles. The number of hydrogen-bond donors (Lipinski definition) is 0. The highest BCUT2D eigenvalue weighted by Gasteiger charge is 2.44. The predicted molar refractivity (Wildman–Crippen MR) is 327 cm³/mol. The summed E-state index contributed by atoms with van der Waals surface area (Å²) in [5.74, 6) is 0. The van der Waals surface area contributed by atoms with Crippen molar-refractivity contribution < 1.29 is 0 Å². The second-order valence-electron chi connectivity index (χ2n) is 25.6. The van der Waals surface area contributed by atoms with Crippen LogP contribution in [-0.4, -0.2) is 11.3 Å². The number of aryl methyl sites for hydroxylation is 2. The molecule has 2 aliphatic heterocycles. The number of hydrogen-bond acceptors (Lipinski definition) is 4. The summed E-state index contributed by atoms with van der Waals surface area (Å²) in [5, 5.41) is 5.28. The van der Waals surface area contributed by atoms with Gasteiger partial charge in [0.25, 0.3) is 6.71 Å². The van der Waals surface area contributed by atoms with Crippen molar-refractivity contribution >= 4 is 131 Å². The van der Waals surface area contributed by atoms with E-state index in [1.54, 1.807) is 0 Å². The maximum Gasteiger partial charge on any atom is 0.252 e. The number of thiophene rings is 2. The maximum atomic E-state index is 2.69. The molecule has 0 atom stereocenters. The first kappa shape index (κ1) is 47.1. The molecule has 0 unspecified atom stereocenters. The standard InChI is InChI=1S/C68H66BN3S2/c1-39-33-41(65(3,4)5)26-31-52(39)70(53-32-27-42(34-40(53)2)66(6,7)8)45-28-30-50-55(38-45)71(54-23-18-20-47-46-29-25-43(67(9,10)11)37-59(46)74-63(47)54)56-35-44(68(12,13)14)36-57-60(56)69(50)51-22-17-21-49-61(51)72(57)62-48-19-15-16-24-58(48)73-64(49)62/h15-38H,1-14H3. The van der Waals surface area contributed by atoms with Crippen molar-refractivity contribution in [1.82, 2.24) is 4.57 Å². The van der Waals surface area contributed by atoms with Gasteiger partial charge in [0.05, 0.1) is 26.1 Å². The van der Waals surface area contributed by atoms with Crippen LogP contribution in [0.1, 0.15) is 116 Å². The summed E-state index contributed by atoms with van der Waals surface area (Å²) in [6.07, 6.45) is 0. The zero-order chi connectivity index (χ0) is 51.7. The Balaban J connectivity index is 1.15. The van der Waals surface area contributed by atoms with E-state index in [1.165, 1.54) is 135 Å². The Morgan fingerprint density at radius 2 is 0.986 bits per heavy atom. The lowest BCUT2D eigenvalue weighted by Gasteiger charge is -2.42. The van der Waals surface area contributed by atoms with Gasteiger partial charge in [-0.25, -0.2) is 0 Å². The van der Waals surface area contributed by atoms with Gasteiger partial charge < -0.3 is 14.4 Å². The molecule has 0 fully saturated rings. The van der Waals surface area contributed by atoms with E-state index >= 15 is 0 Å². The summed E-state index contributed by atoms with van der Waals surface area (Å²) in [6.45, 7) is 32.6. The third kappa shape index (κ3) is 7.03. The monoisotopic (exact) mass is 999 g/mol. The minimum Gasteiger partial charge on any atom is -0.310 e. The molecule has 5 heterocycles. The topological polar surface area (TPSA) is 11.4 Å². The van der Waals surface area contributed by atoms with Crippen LogP contribution in [0.5, 0.6) is 0 Å². The largest absolute Gasteiger partial charge is 0.310 e. The predicted octanol–water partition coefficient (Wildman–Crippen LogP) is 18.3. The molecule has 6 heteroatoms. The van der Waals surface area contributed by atoms with Crippen LogP contribution in [0.3, 0.4) is 0 Å². The highest BCUT2D eigenvalue weighted by atomic mass is 32.1. The fourth-order valence-electron chi connectivity index (χ4n) is 12.3. The first-order valence-electron chi connectivity index (χ1n) is 26.6. The molecule has 0 saturated heterocycles. The summed E-state index contributed by atoms with van der Waals surface area (Å²) in [7, 11) is 0. The number of anilines is 6. The number of rotatable bonds is 4. The fourth-order valence-corrected chi connectivity index (χ4v) is 14.8. The second-order valence-corrected chi connectivity index (χ2v) is 27.7. The SMILES string of the molecule is Cc1cc(C(C)(C)C)ccc1N(c1ccc2c(c1)N(c1cccc3c1sc1cc(C(C)(C)C)ccc13)c1cc(C(C)(C)C)cc3c1B2c1cccc2c4sc5ccccc5c4n-3c12)c1ccc(C(C)(C)C)cc1C. The Morgan fingerprint density at radius 3 is 1.65 bits per heavy atom. The van der Waals surface area contributed by atoms with E-state index in [9.17, 15) is 0 Å². The molecule has 11 aromatic rings. The molecule has 13 rings (SSSR count). The molecule has 0 bridgehead atoms. The molecular formula is C68H66BN3S2. The fraction of sp³-hybridized carbons (Fsp3) is 0.265. The zero-order valence-corrected chi connectivity index (χ0v) is 47.2. The molecule has 0 spiro atoms. The number of aromatic nitrogens is 1. The second kappa shape index (κ2) is 16.0. The number of fused-ring (bicyclic) bond motifs is 12. The Hall–Kier alpha value is -6.60. The van der Waals surface area contributed by atoms with Crippen LogP contribution >= 0.6 is 22.7 Å². The molecule has 368 valence electrons. The van der Waals surface area contributed by atoms with Gasteiger partial charge in [-0.1, -0.05) is 174 Å². The van der Waals surface area contributed by atoms with Crippen LogP contribution in [0.2, 0.25) is 0 Å².